The van der Waals surface area contributed by atoms with Crippen LogP contribution >= 0.6 is 12.2 Å². The molecule has 3 rings (SSSR count). The molecule has 1 saturated carbocycles. The van der Waals surface area contributed by atoms with Gasteiger partial charge in [-0.1, -0.05) is 30.9 Å². The van der Waals surface area contributed by atoms with Crippen LogP contribution in [0.15, 0.2) is 29.1 Å². The molecule has 5 nitrogen and oxygen atoms in total. The molecule has 0 radical (unpaired) electrons. The molecule has 2 N–H and O–H groups in total. The van der Waals surface area contributed by atoms with Gasteiger partial charge in [0.15, 0.2) is 5.11 Å². The van der Waals surface area contributed by atoms with E-state index < -0.39 is 0 Å². The van der Waals surface area contributed by atoms with Gasteiger partial charge in [-0.15, -0.1) is 0 Å². The van der Waals surface area contributed by atoms with Crippen molar-refractivity contribution in [1.29, 1.82) is 0 Å². The number of thiocarbonyl (C=S) groups is 1. The average Bonchev–Trinajstić information content (AvgIpc) is 2.70. The van der Waals surface area contributed by atoms with Crippen LogP contribution in [0.4, 0.5) is 0 Å². The van der Waals surface area contributed by atoms with Crippen LogP contribution in [0.5, 0.6) is 0 Å². The van der Waals surface area contributed by atoms with E-state index in [1.807, 2.05) is 18.2 Å². The Morgan fingerprint density at radius 3 is 2.69 bits per heavy atom. The number of nitrogens with zero attached hydrogens (tertiary/aromatic N) is 2. The van der Waals surface area contributed by atoms with Crippen molar-refractivity contribution in [2.24, 2.45) is 0 Å². The number of H-pyrrole nitrogens is 1. The summed E-state index contributed by atoms with van der Waals surface area (Å²) < 4.78 is 0. The van der Waals surface area contributed by atoms with E-state index in [1.54, 1.807) is 0 Å². The minimum Gasteiger partial charge on any atom is -0.363 e. The highest BCUT2D eigenvalue weighted by molar-refractivity contribution is 7.80. The molecule has 1 fully saturated rings. The molecule has 0 saturated heterocycles. The fourth-order valence-electron chi connectivity index (χ4n) is 4.12. The van der Waals surface area contributed by atoms with Crippen LogP contribution in [0, 0.1) is 6.92 Å². The van der Waals surface area contributed by atoms with Gasteiger partial charge in [-0.3, -0.25) is 4.79 Å². The second kappa shape index (κ2) is 10.2. The van der Waals surface area contributed by atoms with E-state index >= 15 is 0 Å². The monoisotopic (exact) mass is 414 g/mol. The van der Waals surface area contributed by atoms with Crippen LogP contribution in [-0.2, 0) is 6.54 Å². The zero-order valence-corrected chi connectivity index (χ0v) is 18.8. The van der Waals surface area contributed by atoms with Crippen LogP contribution in [0.2, 0.25) is 0 Å². The van der Waals surface area contributed by atoms with Crippen molar-refractivity contribution in [3.8, 4) is 0 Å². The highest BCUT2D eigenvalue weighted by atomic mass is 32.1. The molecule has 29 heavy (non-hydrogen) atoms. The molecular formula is C23H34N4OS. The fraction of sp³-hybridized carbons (Fsp3) is 0.565. The molecule has 2 aromatic rings. The van der Waals surface area contributed by atoms with E-state index in [0.29, 0.717) is 12.6 Å². The summed E-state index contributed by atoms with van der Waals surface area (Å²) in [5.41, 5.74) is 2.85. The van der Waals surface area contributed by atoms with Crippen molar-refractivity contribution in [1.82, 2.24) is 20.1 Å². The molecule has 6 heteroatoms. The normalized spacial score (nSPS) is 15.0. The molecule has 0 spiro atoms. The van der Waals surface area contributed by atoms with Gasteiger partial charge in [0, 0.05) is 23.7 Å². The number of hydrogen-bond acceptors (Lipinski definition) is 3. The van der Waals surface area contributed by atoms with Crippen LogP contribution in [-0.4, -0.2) is 53.1 Å². The zero-order chi connectivity index (χ0) is 20.8. The molecule has 1 aliphatic rings. The summed E-state index contributed by atoms with van der Waals surface area (Å²) in [6.07, 6.45) is 7.09. The predicted octanol–water partition coefficient (Wildman–Crippen LogP) is 3.80. The Bertz CT molecular complexity index is 886. The van der Waals surface area contributed by atoms with Crippen LogP contribution < -0.4 is 10.9 Å². The Morgan fingerprint density at radius 1 is 1.21 bits per heavy atom. The summed E-state index contributed by atoms with van der Waals surface area (Å²) >= 11 is 5.78. The molecule has 1 aliphatic carbocycles. The smallest absolute Gasteiger partial charge is 0.253 e. The number of aryl methyl sites for hydroxylation is 1. The maximum absolute atomic E-state index is 12.7. The third-order valence-corrected chi connectivity index (χ3v) is 6.13. The zero-order valence-electron chi connectivity index (χ0n) is 18.0. The van der Waals surface area contributed by atoms with E-state index in [-0.39, 0.29) is 5.56 Å². The van der Waals surface area contributed by atoms with Gasteiger partial charge in [0.1, 0.15) is 0 Å². The van der Waals surface area contributed by atoms with Gasteiger partial charge in [-0.2, -0.15) is 0 Å². The van der Waals surface area contributed by atoms with Gasteiger partial charge in [0.2, 0.25) is 0 Å². The second-order valence-electron chi connectivity index (χ2n) is 8.52. The first kappa shape index (κ1) is 21.8. The van der Waals surface area contributed by atoms with Crippen molar-refractivity contribution >= 4 is 28.2 Å². The molecule has 1 aromatic heterocycles. The van der Waals surface area contributed by atoms with Crippen molar-refractivity contribution in [3.63, 3.8) is 0 Å². The molecule has 1 heterocycles. The van der Waals surface area contributed by atoms with Gasteiger partial charge in [0.05, 0.1) is 6.54 Å². The van der Waals surface area contributed by atoms with Crippen molar-refractivity contribution in [2.75, 3.05) is 27.2 Å². The number of rotatable bonds is 7. The largest absolute Gasteiger partial charge is 0.363 e. The third kappa shape index (κ3) is 6.03. The summed E-state index contributed by atoms with van der Waals surface area (Å²) in [5.74, 6) is 0. The van der Waals surface area contributed by atoms with Gasteiger partial charge < -0.3 is 20.1 Å². The quantitative estimate of drug-likeness (QED) is 0.533. The highest BCUT2D eigenvalue weighted by Gasteiger charge is 2.24. The number of fused-ring (bicyclic) bond motifs is 1. The summed E-state index contributed by atoms with van der Waals surface area (Å²) in [6, 6.07) is 8.57. The number of aromatic nitrogens is 1. The summed E-state index contributed by atoms with van der Waals surface area (Å²) in [5, 5.41) is 5.29. The Hall–Kier alpha value is -1.92. The number of aromatic amines is 1. The molecule has 0 aliphatic heterocycles. The van der Waals surface area contributed by atoms with Crippen molar-refractivity contribution in [2.45, 2.75) is 58.0 Å². The van der Waals surface area contributed by atoms with Crippen molar-refractivity contribution in [3.05, 3.63) is 45.7 Å². The third-order valence-electron chi connectivity index (χ3n) is 5.75. The lowest BCUT2D eigenvalue weighted by molar-refractivity contribution is 0.234. The lowest BCUT2D eigenvalue weighted by Gasteiger charge is -2.36. The van der Waals surface area contributed by atoms with Crippen LogP contribution in [0.3, 0.4) is 0 Å². The minimum absolute atomic E-state index is 0.0161. The highest BCUT2D eigenvalue weighted by Crippen LogP contribution is 2.24. The molecular weight excluding hydrogens is 380 g/mol. The number of benzene rings is 1. The first-order chi connectivity index (χ1) is 13.9. The number of nitrogens with one attached hydrogen (secondary N) is 2. The number of hydrogen-bond donors (Lipinski definition) is 2. The predicted molar refractivity (Wildman–Crippen MR) is 125 cm³/mol. The minimum atomic E-state index is -0.0161. The first-order valence-corrected chi connectivity index (χ1v) is 11.2. The van der Waals surface area contributed by atoms with Gasteiger partial charge in [-0.05, 0) is 82.6 Å². The molecule has 1 aromatic carbocycles. The second-order valence-corrected chi connectivity index (χ2v) is 8.91. The van der Waals surface area contributed by atoms with Gasteiger partial charge in [0.25, 0.3) is 5.56 Å². The summed E-state index contributed by atoms with van der Waals surface area (Å²) in [6.45, 7) is 4.52. The molecule has 158 valence electrons. The van der Waals surface area contributed by atoms with E-state index in [9.17, 15) is 4.79 Å². The maximum atomic E-state index is 12.7. The Kier molecular flexibility index (Phi) is 7.67. The van der Waals surface area contributed by atoms with E-state index in [0.717, 1.165) is 53.9 Å². The standard InChI is InChI=1S/C23H34N4OS/c1-17-10-11-21-18(14-17)15-19(22(28)25-21)16-27(20-8-5-4-6-9-20)23(29)24-12-7-13-26(2)3/h10-11,14-15,20H,4-9,12-13,16H2,1-3H3,(H,24,29)(H,25,28). The van der Waals surface area contributed by atoms with Gasteiger partial charge in [-0.25, -0.2) is 0 Å². The van der Waals surface area contributed by atoms with E-state index in [2.05, 4.69) is 47.2 Å². The number of pyridine rings is 1. The Morgan fingerprint density at radius 2 is 1.97 bits per heavy atom. The maximum Gasteiger partial charge on any atom is 0.253 e. The molecule has 0 atom stereocenters. The summed E-state index contributed by atoms with van der Waals surface area (Å²) in [7, 11) is 4.17. The Balaban J connectivity index is 1.78. The van der Waals surface area contributed by atoms with Gasteiger partial charge >= 0.3 is 0 Å². The van der Waals surface area contributed by atoms with Crippen molar-refractivity contribution < 1.29 is 0 Å². The average molecular weight is 415 g/mol. The summed E-state index contributed by atoms with van der Waals surface area (Å²) in [4.78, 5) is 20.2. The fourth-order valence-corrected chi connectivity index (χ4v) is 4.44. The first-order valence-electron chi connectivity index (χ1n) is 10.8. The van der Waals surface area contributed by atoms with Crippen LogP contribution in [0.25, 0.3) is 10.9 Å². The lowest BCUT2D eigenvalue weighted by atomic mass is 9.94. The Labute approximate surface area is 179 Å². The van der Waals surface area contributed by atoms with E-state index in [4.69, 9.17) is 12.2 Å². The topological polar surface area (TPSA) is 51.4 Å². The lowest BCUT2D eigenvalue weighted by Crippen LogP contribution is -2.47. The molecule has 0 unspecified atom stereocenters. The molecule has 0 bridgehead atoms. The SMILES string of the molecule is Cc1ccc2[nH]c(=O)c(CN(C(=S)NCCCN(C)C)C3CCCCC3)cc2c1. The van der Waals surface area contributed by atoms with Crippen LogP contribution in [0.1, 0.15) is 49.7 Å². The van der Waals surface area contributed by atoms with E-state index in [1.165, 1.54) is 24.8 Å². The molecule has 0 amide bonds.